The van der Waals surface area contributed by atoms with E-state index in [2.05, 4.69) is 15.9 Å². The van der Waals surface area contributed by atoms with Crippen LogP contribution in [-0.4, -0.2) is 23.9 Å². The fourth-order valence-corrected chi connectivity index (χ4v) is 2.07. The molecule has 0 spiro atoms. The van der Waals surface area contributed by atoms with Crippen molar-refractivity contribution >= 4 is 27.5 Å². The third-order valence-corrected chi connectivity index (χ3v) is 3.91. The molecule has 0 unspecified atom stereocenters. The molecule has 0 aromatic heterocycles. The van der Waals surface area contributed by atoms with Crippen molar-refractivity contribution in [2.45, 2.75) is 25.3 Å². The Morgan fingerprint density at radius 3 is 2.69 bits per heavy atom. The minimum atomic E-state index is 0.0592. The number of nitrogen functional groups attached to an aromatic ring is 1. The molecule has 1 aliphatic carbocycles. The Morgan fingerprint density at radius 1 is 1.50 bits per heavy atom. The lowest BCUT2D eigenvalue weighted by atomic mass is 9.91. The largest absolute Gasteiger partial charge is 0.398 e. The summed E-state index contributed by atoms with van der Waals surface area (Å²) in [5.74, 6) is 0.0592. The molecule has 1 aromatic carbocycles. The molecule has 0 atom stereocenters. The molecule has 1 amide bonds. The molecule has 0 aliphatic heterocycles. The van der Waals surface area contributed by atoms with Gasteiger partial charge in [0, 0.05) is 28.8 Å². The maximum absolute atomic E-state index is 12.1. The van der Waals surface area contributed by atoms with Gasteiger partial charge in [-0.05, 0) is 53.4 Å². The monoisotopic (exact) mass is 282 g/mol. The number of nitrogens with two attached hydrogens (primary N) is 1. The Labute approximate surface area is 104 Å². The highest BCUT2D eigenvalue weighted by molar-refractivity contribution is 9.10. The molecule has 1 fully saturated rings. The minimum absolute atomic E-state index is 0.0592. The highest BCUT2D eigenvalue weighted by Crippen LogP contribution is 2.26. The highest BCUT2D eigenvalue weighted by Gasteiger charge is 2.26. The first-order chi connectivity index (χ1) is 7.59. The van der Waals surface area contributed by atoms with Crippen molar-refractivity contribution in [1.29, 1.82) is 0 Å². The molecule has 2 rings (SSSR count). The Morgan fingerprint density at radius 2 is 2.19 bits per heavy atom. The van der Waals surface area contributed by atoms with Crippen LogP contribution in [0.25, 0.3) is 0 Å². The van der Waals surface area contributed by atoms with Crippen LogP contribution in [0.15, 0.2) is 22.7 Å². The van der Waals surface area contributed by atoms with Gasteiger partial charge in [-0.1, -0.05) is 0 Å². The van der Waals surface area contributed by atoms with E-state index < -0.39 is 0 Å². The Balaban J connectivity index is 2.16. The standard InChI is InChI=1S/C12H15BrN2O/c1-15(9-3-2-4-9)12(16)8-5-6-10(13)11(14)7-8/h5-7,9H,2-4,14H2,1H3. The molecule has 3 nitrogen and oxygen atoms in total. The summed E-state index contributed by atoms with van der Waals surface area (Å²) < 4.78 is 0.829. The number of nitrogens with zero attached hydrogens (tertiary/aromatic N) is 1. The molecule has 86 valence electrons. The van der Waals surface area contributed by atoms with Crippen LogP contribution in [0, 0.1) is 0 Å². The number of hydrogen-bond donors (Lipinski definition) is 1. The predicted molar refractivity (Wildman–Crippen MR) is 68.3 cm³/mol. The van der Waals surface area contributed by atoms with E-state index in [0.29, 0.717) is 17.3 Å². The van der Waals surface area contributed by atoms with E-state index in [1.807, 2.05) is 18.0 Å². The Kier molecular flexibility index (Phi) is 3.19. The molecule has 0 saturated heterocycles. The van der Waals surface area contributed by atoms with Crippen molar-refractivity contribution in [3.63, 3.8) is 0 Å². The van der Waals surface area contributed by atoms with E-state index in [-0.39, 0.29) is 5.91 Å². The van der Waals surface area contributed by atoms with Crippen LogP contribution in [0.3, 0.4) is 0 Å². The predicted octanol–water partition coefficient (Wildman–Crippen LogP) is 2.66. The normalized spacial score (nSPS) is 15.6. The summed E-state index contributed by atoms with van der Waals surface area (Å²) in [6.07, 6.45) is 3.47. The van der Waals surface area contributed by atoms with Gasteiger partial charge in [-0.15, -0.1) is 0 Å². The molecular formula is C12H15BrN2O. The van der Waals surface area contributed by atoms with Crippen molar-refractivity contribution in [3.8, 4) is 0 Å². The lowest BCUT2D eigenvalue weighted by molar-refractivity contribution is 0.0652. The molecule has 1 aromatic rings. The number of carbonyl (C=O) groups is 1. The van der Waals surface area contributed by atoms with E-state index in [0.717, 1.165) is 17.3 Å². The number of anilines is 1. The average molecular weight is 283 g/mol. The van der Waals surface area contributed by atoms with Gasteiger partial charge in [0.15, 0.2) is 0 Å². The summed E-state index contributed by atoms with van der Waals surface area (Å²) in [5, 5.41) is 0. The van der Waals surface area contributed by atoms with Crippen LogP contribution in [0.5, 0.6) is 0 Å². The number of halogens is 1. The van der Waals surface area contributed by atoms with Crippen molar-refractivity contribution < 1.29 is 4.79 Å². The van der Waals surface area contributed by atoms with E-state index in [9.17, 15) is 4.79 Å². The molecular weight excluding hydrogens is 268 g/mol. The first-order valence-corrected chi connectivity index (χ1v) is 6.21. The van der Waals surface area contributed by atoms with Crippen LogP contribution in [0.4, 0.5) is 5.69 Å². The van der Waals surface area contributed by atoms with E-state index in [1.165, 1.54) is 6.42 Å². The molecule has 0 heterocycles. The van der Waals surface area contributed by atoms with Gasteiger partial charge in [0.2, 0.25) is 0 Å². The van der Waals surface area contributed by atoms with E-state index in [1.54, 1.807) is 12.1 Å². The summed E-state index contributed by atoms with van der Waals surface area (Å²) >= 11 is 3.32. The van der Waals surface area contributed by atoms with Crippen molar-refractivity contribution in [2.75, 3.05) is 12.8 Å². The summed E-state index contributed by atoms with van der Waals surface area (Å²) in [7, 11) is 1.87. The summed E-state index contributed by atoms with van der Waals surface area (Å²) in [6.45, 7) is 0. The lowest BCUT2D eigenvalue weighted by Gasteiger charge is -2.34. The van der Waals surface area contributed by atoms with Crippen LogP contribution >= 0.6 is 15.9 Å². The minimum Gasteiger partial charge on any atom is -0.398 e. The highest BCUT2D eigenvalue weighted by atomic mass is 79.9. The SMILES string of the molecule is CN(C(=O)c1ccc(Br)c(N)c1)C1CCC1. The topological polar surface area (TPSA) is 46.3 Å². The molecule has 0 bridgehead atoms. The van der Waals surface area contributed by atoms with Gasteiger partial charge in [-0.25, -0.2) is 0 Å². The van der Waals surface area contributed by atoms with E-state index in [4.69, 9.17) is 5.73 Å². The molecule has 4 heteroatoms. The zero-order chi connectivity index (χ0) is 11.7. The Bertz CT molecular complexity index is 415. The number of amides is 1. The van der Waals surface area contributed by atoms with Crippen LogP contribution in [0.1, 0.15) is 29.6 Å². The number of hydrogen-bond acceptors (Lipinski definition) is 2. The quantitative estimate of drug-likeness (QED) is 0.848. The van der Waals surface area contributed by atoms with Gasteiger partial charge in [0.05, 0.1) is 0 Å². The van der Waals surface area contributed by atoms with E-state index >= 15 is 0 Å². The second-order valence-corrected chi connectivity index (χ2v) is 5.09. The van der Waals surface area contributed by atoms with Crippen molar-refractivity contribution in [2.24, 2.45) is 0 Å². The molecule has 0 radical (unpaired) electrons. The van der Waals surface area contributed by atoms with Crippen molar-refractivity contribution in [1.82, 2.24) is 4.90 Å². The van der Waals surface area contributed by atoms with Crippen LogP contribution < -0.4 is 5.73 Å². The summed E-state index contributed by atoms with van der Waals surface area (Å²) in [5.41, 5.74) is 7.03. The number of rotatable bonds is 2. The summed E-state index contributed by atoms with van der Waals surface area (Å²) in [4.78, 5) is 13.9. The third kappa shape index (κ3) is 2.07. The van der Waals surface area contributed by atoms with Gasteiger partial charge in [0.25, 0.3) is 5.91 Å². The van der Waals surface area contributed by atoms with Gasteiger partial charge >= 0.3 is 0 Å². The maximum atomic E-state index is 12.1. The summed E-state index contributed by atoms with van der Waals surface area (Å²) in [6, 6.07) is 5.76. The fraction of sp³-hybridized carbons (Fsp3) is 0.417. The van der Waals surface area contributed by atoms with Crippen molar-refractivity contribution in [3.05, 3.63) is 28.2 Å². The first-order valence-electron chi connectivity index (χ1n) is 5.42. The van der Waals surface area contributed by atoms with Gasteiger partial charge in [-0.3, -0.25) is 4.79 Å². The van der Waals surface area contributed by atoms with Gasteiger partial charge < -0.3 is 10.6 Å². The third-order valence-electron chi connectivity index (χ3n) is 3.19. The molecule has 1 aliphatic rings. The second kappa shape index (κ2) is 4.45. The molecule has 1 saturated carbocycles. The fourth-order valence-electron chi connectivity index (χ4n) is 1.82. The zero-order valence-corrected chi connectivity index (χ0v) is 10.8. The zero-order valence-electron chi connectivity index (χ0n) is 9.24. The second-order valence-electron chi connectivity index (χ2n) is 4.24. The molecule has 2 N–H and O–H groups in total. The average Bonchev–Trinajstić information content (AvgIpc) is 2.18. The maximum Gasteiger partial charge on any atom is 0.253 e. The van der Waals surface area contributed by atoms with Gasteiger partial charge in [0.1, 0.15) is 0 Å². The van der Waals surface area contributed by atoms with Crippen LogP contribution in [-0.2, 0) is 0 Å². The van der Waals surface area contributed by atoms with Gasteiger partial charge in [-0.2, -0.15) is 0 Å². The first kappa shape index (κ1) is 11.5. The van der Waals surface area contributed by atoms with Crippen LogP contribution in [0.2, 0.25) is 0 Å². The lowest BCUT2D eigenvalue weighted by Crippen LogP contribution is -2.41. The smallest absolute Gasteiger partial charge is 0.253 e. The number of benzene rings is 1. The number of carbonyl (C=O) groups excluding carboxylic acids is 1. The molecule has 16 heavy (non-hydrogen) atoms. The Hall–Kier alpha value is -1.03.